The third-order valence-corrected chi connectivity index (χ3v) is 3.58. The number of nitrogens with zero attached hydrogens (tertiary/aromatic N) is 1. The minimum absolute atomic E-state index is 0.532. The van der Waals surface area contributed by atoms with Crippen LogP contribution in [0.15, 0.2) is 5.38 Å². The predicted molar refractivity (Wildman–Crippen MR) is 66.2 cm³/mol. The van der Waals surface area contributed by atoms with Crippen molar-refractivity contribution in [3.05, 3.63) is 16.1 Å². The molecule has 0 saturated carbocycles. The maximum Gasteiger partial charge on any atom is 0.103 e. The zero-order valence-corrected chi connectivity index (χ0v) is 10.7. The fourth-order valence-corrected chi connectivity index (χ4v) is 2.89. The molecule has 1 aromatic heterocycles. The molecule has 80 valence electrons. The number of hydrogen-bond donors (Lipinski definition) is 1. The minimum atomic E-state index is 0.532. The zero-order valence-electron chi connectivity index (χ0n) is 9.04. The molecule has 1 aromatic rings. The van der Waals surface area contributed by atoms with E-state index >= 15 is 0 Å². The van der Waals surface area contributed by atoms with Crippen molar-refractivity contribution in [1.82, 2.24) is 10.3 Å². The van der Waals surface area contributed by atoms with Gasteiger partial charge in [0.25, 0.3) is 0 Å². The topological polar surface area (TPSA) is 24.9 Å². The smallest absolute Gasteiger partial charge is 0.103 e. The van der Waals surface area contributed by atoms with E-state index in [1.54, 1.807) is 11.3 Å². The maximum atomic E-state index is 4.58. The van der Waals surface area contributed by atoms with Gasteiger partial charge in [0.1, 0.15) is 5.01 Å². The normalized spacial score (nSPS) is 13.1. The summed E-state index contributed by atoms with van der Waals surface area (Å²) in [6, 6.07) is 0.532. The molecule has 1 heterocycles. The lowest BCUT2D eigenvalue weighted by atomic mass is 10.2. The summed E-state index contributed by atoms with van der Waals surface area (Å²) in [6.45, 7) is 5.37. The molecule has 1 N–H and O–H groups in total. The van der Waals surface area contributed by atoms with Gasteiger partial charge >= 0.3 is 0 Å². The van der Waals surface area contributed by atoms with Crippen LogP contribution in [0.5, 0.6) is 0 Å². The third-order valence-electron chi connectivity index (χ3n) is 1.94. The minimum Gasteiger partial charge on any atom is -0.314 e. The number of thiazole rings is 1. The van der Waals surface area contributed by atoms with E-state index in [1.807, 2.05) is 11.8 Å². The Hall–Kier alpha value is -0.0600. The van der Waals surface area contributed by atoms with Gasteiger partial charge in [0, 0.05) is 23.6 Å². The monoisotopic (exact) mass is 230 g/mol. The molecule has 0 bridgehead atoms. The number of hydrogen-bond acceptors (Lipinski definition) is 4. The van der Waals surface area contributed by atoms with Crippen LogP contribution in [0.2, 0.25) is 0 Å². The highest BCUT2D eigenvalue weighted by atomic mass is 32.2. The Labute approximate surface area is 94.5 Å². The first-order valence-electron chi connectivity index (χ1n) is 4.91. The van der Waals surface area contributed by atoms with Crippen LogP contribution in [0.25, 0.3) is 0 Å². The van der Waals surface area contributed by atoms with Crippen LogP contribution in [0.1, 0.15) is 24.5 Å². The van der Waals surface area contributed by atoms with E-state index in [9.17, 15) is 0 Å². The van der Waals surface area contributed by atoms with Crippen molar-refractivity contribution >= 4 is 23.1 Å². The van der Waals surface area contributed by atoms with Gasteiger partial charge in [0.2, 0.25) is 0 Å². The highest BCUT2D eigenvalue weighted by Gasteiger charge is 2.05. The van der Waals surface area contributed by atoms with E-state index in [1.165, 1.54) is 10.7 Å². The molecule has 4 heteroatoms. The third kappa shape index (κ3) is 3.98. The molecule has 0 aliphatic rings. The molecule has 0 aliphatic heterocycles. The second-order valence-corrected chi connectivity index (χ2v) is 5.14. The van der Waals surface area contributed by atoms with Crippen molar-refractivity contribution < 1.29 is 0 Å². The first-order valence-corrected chi connectivity index (χ1v) is 7.19. The average molecular weight is 230 g/mol. The van der Waals surface area contributed by atoms with Crippen LogP contribution in [-0.4, -0.2) is 23.8 Å². The molecule has 0 aliphatic carbocycles. The average Bonchev–Trinajstić information content (AvgIpc) is 2.53. The maximum absolute atomic E-state index is 4.58. The van der Waals surface area contributed by atoms with E-state index in [4.69, 9.17) is 0 Å². The lowest BCUT2D eigenvalue weighted by Gasteiger charge is -2.09. The van der Waals surface area contributed by atoms with E-state index in [-0.39, 0.29) is 0 Å². The SMILES string of the molecule is CCNC(C)Cc1csc(CSC)n1. The Morgan fingerprint density at radius 2 is 2.43 bits per heavy atom. The number of nitrogens with one attached hydrogen (secondary N) is 1. The van der Waals surface area contributed by atoms with E-state index < -0.39 is 0 Å². The molecule has 1 atom stereocenters. The Morgan fingerprint density at radius 1 is 1.64 bits per heavy atom. The Kier molecular flexibility index (Phi) is 5.52. The molecule has 0 fully saturated rings. The van der Waals surface area contributed by atoms with E-state index in [2.05, 4.69) is 35.8 Å². The second kappa shape index (κ2) is 6.43. The van der Waals surface area contributed by atoms with E-state index in [0.717, 1.165) is 18.7 Å². The molecule has 0 amide bonds. The number of thioether (sulfide) groups is 1. The summed E-state index contributed by atoms with van der Waals surface area (Å²) in [5.41, 5.74) is 1.23. The van der Waals surface area contributed by atoms with Gasteiger partial charge in [-0.15, -0.1) is 11.3 Å². The number of likely N-dealkylation sites (N-methyl/N-ethyl adjacent to an activating group) is 1. The zero-order chi connectivity index (χ0) is 10.4. The standard InChI is InChI=1S/C10H18N2S2/c1-4-11-8(2)5-9-6-14-10(12-9)7-13-3/h6,8,11H,4-5,7H2,1-3H3. The molecule has 0 spiro atoms. The summed E-state index contributed by atoms with van der Waals surface area (Å²) in [4.78, 5) is 4.58. The van der Waals surface area contributed by atoms with E-state index in [0.29, 0.717) is 6.04 Å². The summed E-state index contributed by atoms with van der Waals surface area (Å²) in [5, 5.41) is 6.82. The molecule has 1 unspecified atom stereocenters. The first-order chi connectivity index (χ1) is 6.76. The molecule has 14 heavy (non-hydrogen) atoms. The first kappa shape index (κ1) is 12.0. The van der Waals surface area contributed by atoms with Crippen molar-refractivity contribution in [1.29, 1.82) is 0 Å². The van der Waals surface area contributed by atoms with Crippen molar-refractivity contribution in [3.63, 3.8) is 0 Å². The Bertz CT molecular complexity index is 260. The molecule has 0 radical (unpaired) electrons. The van der Waals surface area contributed by atoms with Crippen LogP contribution in [-0.2, 0) is 12.2 Å². The van der Waals surface area contributed by atoms with Gasteiger partial charge in [-0.1, -0.05) is 6.92 Å². The van der Waals surface area contributed by atoms with Crippen molar-refractivity contribution in [2.45, 2.75) is 32.1 Å². The fraction of sp³-hybridized carbons (Fsp3) is 0.700. The summed E-state index contributed by atoms with van der Waals surface area (Å²) in [5.74, 6) is 1.04. The van der Waals surface area contributed by atoms with Crippen LogP contribution >= 0.6 is 23.1 Å². The molecular weight excluding hydrogens is 212 g/mol. The number of rotatable bonds is 6. The summed E-state index contributed by atoms with van der Waals surface area (Å²) in [6.07, 6.45) is 3.15. The van der Waals surface area contributed by atoms with Gasteiger partial charge in [-0.2, -0.15) is 11.8 Å². The molecule has 0 aromatic carbocycles. The van der Waals surface area contributed by atoms with Crippen molar-refractivity contribution in [2.75, 3.05) is 12.8 Å². The largest absolute Gasteiger partial charge is 0.314 e. The summed E-state index contributed by atoms with van der Waals surface area (Å²) in [7, 11) is 0. The van der Waals surface area contributed by atoms with Gasteiger partial charge in [-0.3, -0.25) is 0 Å². The van der Waals surface area contributed by atoms with Crippen molar-refractivity contribution in [3.8, 4) is 0 Å². The quantitative estimate of drug-likeness (QED) is 0.813. The van der Waals surface area contributed by atoms with Gasteiger partial charge in [0.05, 0.1) is 5.69 Å². The molecule has 0 saturated heterocycles. The highest BCUT2D eigenvalue weighted by Crippen LogP contribution is 2.15. The second-order valence-electron chi connectivity index (χ2n) is 3.33. The molecule has 1 rings (SSSR count). The van der Waals surface area contributed by atoms with Gasteiger partial charge < -0.3 is 5.32 Å². The van der Waals surface area contributed by atoms with Gasteiger partial charge in [0.15, 0.2) is 0 Å². The fourth-order valence-electron chi connectivity index (χ4n) is 1.37. The molecular formula is C10H18N2S2. The highest BCUT2D eigenvalue weighted by molar-refractivity contribution is 7.97. The Balaban J connectivity index is 2.42. The number of aromatic nitrogens is 1. The van der Waals surface area contributed by atoms with Gasteiger partial charge in [-0.05, 0) is 19.7 Å². The van der Waals surface area contributed by atoms with Crippen LogP contribution in [0.4, 0.5) is 0 Å². The van der Waals surface area contributed by atoms with Crippen LogP contribution in [0, 0.1) is 0 Å². The lowest BCUT2D eigenvalue weighted by Crippen LogP contribution is -2.27. The van der Waals surface area contributed by atoms with Gasteiger partial charge in [-0.25, -0.2) is 4.98 Å². The summed E-state index contributed by atoms with van der Waals surface area (Å²) >= 11 is 3.60. The van der Waals surface area contributed by atoms with Crippen molar-refractivity contribution in [2.24, 2.45) is 0 Å². The van der Waals surface area contributed by atoms with Crippen LogP contribution < -0.4 is 5.32 Å². The predicted octanol–water partition coefficient (Wildman–Crippen LogP) is 2.55. The van der Waals surface area contributed by atoms with Crippen LogP contribution in [0.3, 0.4) is 0 Å². The lowest BCUT2D eigenvalue weighted by molar-refractivity contribution is 0.560. The molecule has 2 nitrogen and oxygen atoms in total. The Morgan fingerprint density at radius 3 is 3.07 bits per heavy atom. The summed E-state index contributed by atoms with van der Waals surface area (Å²) < 4.78 is 0.